The normalized spacial score (nSPS) is 27.0. The van der Waals surface area contributed by atoms with Crippen molar-refractivity contribution in [3.63, 3.8) is 0 Å². The molecule has 6 heteroatoms. The third-order valence-electron chi connectivity index (χ3n) is 5.95. The summed E-state index contributed by atoms with van der Waals surface area (Å²) in [6, 6.07) is 0. The second-order valence-corrected chi connectivity index (χ2v) is 7.60. The number of likely N-dealkylation sites (tertiary alicyclic amines) is 2. The fourth-order valence-electron chi connectivity index (χ4n) is 4.44. The molecular formula is C18H26N4O2. The largest absolute Gasteiger partial charge is 0.381 e. The van der Waals surface area contributed by atoms with Crippen molar-refractivity contribution in [1.82, 2.24) is 19.8 Å². The van der Waals surface area contributed by atoms with E-state index < -0.39 is 0 Å². The number of aromatic nitrogens is 2. The Bertz CT molecular complexity index is 566. The van der Waals surface area contributed by atoms with Gasteiger partial charge in [-0.3, -0.25) is 9.78 Å². The number of ether oxygens (including phenoxy) is 1. The molecule has 1 atom stereocenters. The third kappa shape index (κ3) is 3.30. The molecule has 6 nitrogen and oxygen atoms in total. The van der Waals surface area contributed by atoms with Gasteiger partial charge in [0.25, 0.3) is 5.91 Å². The van der Waals surface area contributed by atoms with Crippen LogP contribution < -0.4 is 0 Å². The molecule has 4 rings (SSSR count). The highest BCUT2D eigenvalue weighted by atomic mass is 16.5. The highest BCUT2D eigenvalue weighted by Crippen LogP contribution is 2.41. The lowest BCUT2D eigenvalue weighted by Gasteiger charge is -2.39. The number of piperidine rings is 1. The van der Waals surface area contributed by atoms with Crippen molar-refractivity contribution >= 4 is 5.91 Å². The fraction of sp³-hybridized carbons (Fsp3) is 0.722. The van der Waals surface area contributed by atoms with E-state index in [0.29, 0.717) is 11.1 Å². The number of amides is 1. The van der Waals surface area contributed by atoms with Crippen LogP contribution in [-0.2, 0) is 4.74 Å². The Kier molecular flexibility index (Phi) is 4.50. The van der Waals surface area contributed by atoms with Crippen LogP contribution in [0.4, 0.5) is 0 Å². The summed E-state index contributed by atoms with van der Waals surface area (Å²) in [7, 11) is 0. The van der Waals surface area contributed by atoms with E-state index in [4.69, 9.17) is 4.74 Å². The summed E-state index contributed by atoms with van der Waals surface area (Å²) in [4.78, 5) is 25.2. The molecule has 24 heavy (non-hydrogen) atoms. The standard InChI is InChI=1S/C18H26N4O2/c23-17(16-11-19-5-6-20-16)22-8-3-18(4-9-22)2-7-21(14-18)12-15-1-10-24-13-15/h5-6,11,15H,1-4,7-10,12-14H2/t15-/m0/s1. The molecule has 4 heterocycles. The van der Waals surface area contributed by atoms with Crippen LogP contribution in [0, 0.1) is 11.3 Å². The first kappa shape index (κ1) is 16.0. The van der Waals surface area contributed by atoms with E-state index >= 15 is 0 Å². The monoisotopic (exact) mass is 330 g/mol. The van der Waals surface area contributed by atoms with Crippen molar-refractivity contribution in [2.45, 2.75) is 25.7 Å². The van der Waals surface area contributed by atoms with E-state index in [1.807, 2.05) is 4.90 Å². The van der Waals surface area contributed by atoms with Gasteiger partial charge in [0, 0.05) is 45.2 Å². The van der Waals surface area contributed by atoms with Gasteiger partial charge in [0.05, 0.1) is 12.8 Å². The van der Waals surface area contributed by atoms with E-state index in [2.05, 4.69) is 14.9 Å². The SMILES string of the molecule is O=C(c1cnccn1)N1CCC2(CCN(C[C@@H]3CCOC3)C2)CC1. The van der Waals surface area contributed by atoms with Gasteiger partial charge in [-0.15, -0.1) is 0 Å². The summed E-state index contributed by atoms with van der Waals surface area (Å²) in [5.41, 5.74) is 0.876. The van der Waals surface area contributed by atoms with Crippen molar-refractivity contribution < 1.29 is 9.53 Å². The molecule has 1 aromatic rings. The van der Waals surface area contributed by atoms with E-state index in [9.17, 15) is 4.79 Å². The first-order valence-corrected chi connectivity index (χ1v) is 9.10. The minimum Gasteiger partial charge on any atom is -0.381 e. The van der Waals surface area contributed by atoms with Crippen LogP contribution in [0.5, 0.6) is 0 Å². The summed E-state index contributed by atoms with van der Waals surface area (Å²) in [6.07, 6.45) is 9.45. The van der Waals surface area contributed by atoms with Gasteiger partial charge in [-0.05, 0) is 43.6 Å². The third-order valence-corrected chi connectivity index (χ3v) is 5.95. The minimum atomic E-state index is 0.0240. The lowest BCUT2D eigenvalue weighted by Crippen LogP contribution is -2.44. The van der Waals surface area contributed by atoms with Crippen LogP contribution in [0.3, 0.4) is 0 Å². The molecule has 3 saturated heterocycles. The summed E-state index contributed by atoms with van der Waals surface area (Å²) >= 11 is 0. The zero-order valence-electron chi connectivity index (χ0n) is 14.2. The molecule has 1 spiro atoms. The summed E-state index contributed by atoms with van der Waals surface area (Å²) in [5.74, 6) is 0.745. The van der Waals surface area contributed by atoms with E-state index in [1.165, 1.54) is 32.5 Å². The van der Waals surface area contributed by atoms with Crippen LogP contribution in [0.25, 0.3) is 0 Å². The molecule has 0 aromatic carbocycles. The van der Waals surface area contributed by atoms with Crippen molar-refractivity contribution in [2.24, 2.45) is 11.3 Å². The van der Waals surface area contributed by atoms with Crippen LogP contribution in [-0.4, -0.2) is 71.6 Å². The fourth-order valence-corrected chi connectivity index (χ4v) is 4.44. The molecular weight excluding hydrogens is 304 g/mol. The van der Waals surface area contributed by atoms with Gasteiger partial charge < -0.3 is 14.5 Å². The van der Waals surface area contributed by atoms with Crippen molar-refractivity contribution in [3.05, 3.63) is 24.3 Å². The molecule has 3 aliphatic rings. The lowest BCUT2D eigenvalue weighted by molar-refractivity contribution is 0.0579. The average Bonchev–Trinajstić information content (AvgIpc) is 3.27. The molecule has 3 fully saturated rings. The first-order valence-electron chi connectivity index (χ1n) is 9.10. The number of carbonyl (C=O) groups excluding carboxylic acids is 1. The van der Waals surface area contributed by atoms with Crippen molar-refractivity contribution in [2.75, 3.05) is 45.9 Å². The highest BCUT2D eigenvalue weighted by molar-refractivity contribution is 5.92. The quantitative estimate of drug-likeness (QED) is 0.839. The predicted molar refractivity (Wildman–Crippen MR) is 89.6 cm³/mol. The summed E-state index contributed by atoms with van der Waals surface area (Å²) < 4.78 is 5.50. The smallest absolute Gasteiger partial charge is 0.274 e. The number of hydrogen-bond acceptors (Lipinski definition) is 5. The zero-order chi connectivity index (χ0) is 16.4. The topological polar surface area (TPSA) is 58.6 Å². The van der Waals surface area contributed by atoms with Crippen LogP contribution >= 0.6 is 0 Å². The van der Waals surface area contributed by atoms with Crippen molar-refractivity contribution in [3.8, 4) is 0 Å². The molecule has 0 N–H and O–H groups in total. The molecule has 0 radical (unpaired) electrons. The van der Waals surface area contributed by atoms with Gasteiger partial charge in [0.2, 0.25) is 0 Å². The van der Waals surface area contributed by atoms with E-state index in [-0.39, 0.29) is 5.91 Å². The predicted octanol–water partition coefficient (Wildman–Crippen LogP) is 1.44. The highest BCUT2D eigenvalue weighted by Gasteiger charge is 2.42. The second kappa shape index (κ2) is 6.76. The minimum absolute atomic E-state index is 0.0240. The van der Waals surface area contributed by atoms with Gasteiger partial charge in [0.1, 0.15) is 5.69 Å². The van der Waals surface area contributed by atoms with E-state index in [0.717, 1.165) is 45.1 Å². The second-order valence-electron chi connectivity index (χ2n) is 7.60. The van der Waals surface area contributed by atoms with Gasteiger partial charge in [-0.2, -0.15) is 0 Å². The maximum atomic E-state index is 12.5. The Balaban J connectivity index is 1.30. The number of rotatable bonds is 3. The Morgan fingerprint density at radius 1 is 1.25 bits per heavy atom. The maximum Gasteiger partial charge on any atom is 0.274 e. The number of nitrogens with zero attached hydrogens (tertiary/aromatic N) is 4. The molecule has 0 aliphatic carbocycles. The van der Waals surface area contributed by atoms with Gasteiger partial charge in [0.15, 0.2) is 0 Å². The lowest BCUT2D eigenvalue weighted by atomic mass is 9.77. The average molecular weight is 330 g/mol. The molecule has 1 amide bonds. The van der Waals surface area contributed by atoms with Gasteiger partial charge in [-0.1, -0.05) is 0 Å². The molecule has 3 aliphatic heterocycles. The Labute approximate surface area is 143 Å². The van der Waals surface area contributed by atoms with Crippen molar-refractivity contribution in [1.29, 1.82) is 0 Å². The number of carbonyl (C=O) groups is 1. The first-order chi connectivity index (χ1) is 11.7. The Morgan fingerprint density at radius 2 is 2.08 bits per heavy atom. The van der Waals surface area contributed by atoms with E-state index in [1.54, 1.807) is 18.6 Å². The zero-order valence-corrected chi connectivity index (χ0v) is 14.2. The maximum absolute atomic E-state index is 12.5. The van der Waals surface area contributed by atoms with Crippen LogP contribution in [0.2, 0.25) is 0 Å². The molecule has 130 valence electrons. The Hall–Kier alpha value is -1.53. The number of hydrogen-bond donors (Lipinski definition) is 0. The molecule has 0 saturated carbocycles. The molecule has 0 unspecified atom stereocenters. The summed E-state index contributed by atoms with van der Waals surface area (Å²) in [5, 5.41) is 0. The van der Waals surface area contributed by atoms with Crippen LogP contribution in [0.1, 0.15) is 36.2 Å². The van der Waals surface area contributed by atoms with Gasteiger partial charge >= 0.3 is 0 Å². The molecule has 0 bridgehead atoms. The summed E-state index contributed by atoms with van der Waals surface area (Å²) in [6.45, 7) is 7.13. The molecule has 1 aromatic heterocycles. The van der Waals surface area contributed by atoms with Crippen LogP contribution in [0.15, 0.2) is 18.6 Å². The van der Waals surface area contributed by atoms with Gasteiger partial charge in [-0.25, -0.2) is 4.98 Å². The Morgan fingerprint density at radius 3 is 2.79 bits per heavy atom.